The molecule has 2 amide bonds. The van der Waals surface area contributed by atoms with Gasteiger partial charge in [-0.25, -0.2) is 14.8 Å². The fourth-order valence-corrected chi connectivity index (χ4v) is 4.39. The zero-order valence-electron chi connectivity index (χ0n) is 15.0. The van der Waals surface area contributed by atoms with Crippen LogP contribution in [0, 0.1) is 5.41 Å². The largest absolute Gasteiger partial charge is 0.489 e. The average Bonchev–Trinajstić information content (AvgIpc) is 2.60. The molecule has 4 heterocycles. The summed E-state index contributed by atoms with van der Waals surface area (Å²) in [4.78, 5) is 27.6. The van der Waals surface area contributed by atoms with Gasteiger partial charge in [-0.2, -0.15) is 0 Å². The molecule has 0 saturated carbocycles. The summed E-state index contributed by atoms with van der Waals surface area (Å²) >= 11 is 6.06. The molecule has 0 aliphatic carbocycles. The molecular formula is C19H20ClN5O2. The molecule has 27 heavy (non-hydrogen) atoms. The summed E-state index contributed by atoms with van der Waals surface area (Å²) in [5, 5.41) is 0.608. The predicted molar refractivity (Wildman–Crippen MR) is 103 cm³/mol. The minimum atomic E-state index is -0.0154. The molecule has 0 bridgehead atoms. The number of urea groups is 1. The van der Waals surface area contributed by atoms with Crippen molar-refractivity contribution in [3.8, 4) is 5.75 Å². The van der Waals surface area contributed by atoms with Crippen molar-refractivity contribution in [1.82, 2.24) is 14.9 Å². The third-order valence-corrected chi connectivity index (χ3v) is 5.75. The number of amides is 2. The summed E-state index contributed by atoms with van der Waals surface area (Å²) in [6, 6.07) is 7.26. The Hall–Kier alpha value is -2.54. The lowest BCUT2D eigenvalue weighted by molar-refractivity contribution is 0.00815. The van der Waals surface area contributed by atoms with Gasteiger partial charge in [0.05, 0.1) is 11.7 Å². The van der Waals surface area contributed by atoms with Crippen LogP contribution in [-0.2, 0) is 0 Å². The smallest absolute Gasteiger partial charge is 0.325 e. The first-order valence-electron chi connectivity index (χ1n) is 9.07. The standard InChI is InChI=1S/C19H20ClN5O2/c1-13-8-27-16-7-14(20)3-4-15(16)25(13)18(26)24-11-19(12-24)9-23(10-19)17-21-5-2-6-22-17/h2-7,13H,8-12H2,1H3/t13-/m0/s1. The molecule has 3 aliphatic rings. The van der Waals surface area contributed by atoms with Crippen molar-refractivity contribution >= 4 is 29.3 Å². The monoisotopic (exact) mass is 385 g/mol. The van der Waals surface area contributed by atoms with E-state index in [0.29, 0.717) is 17.4 Å². The lowest BCUT2D eigenvalue weighted by Crippen LogP contribution is -2.74. The van der Waals surface area contributed by atoms with Crippen LogP contribution in [0.15, 0.2) is 36.7 Å². The number of hydrogen-bond donors (Lipinski definition) is 0. The molecule has 1 atom stereocenters. The molecule has 2 fully saturated rings. The Morgan fingerprint density at radius 3 is 2.70 bits per heavy atom. The van der Waals surface area contributed by atoms with Gasteiger partial charge >= 0.3 is 6.03 Å². The van der Waals surface area contributed by atoms with Crippen LogP contribution in [0.25, 0.3) is 0 Å². The Bertz CT molecular complexity index is 879. The van der Waals surface area contributed by atoms with Gasteiger partial charge in [-0.1, -0.05) is 11.6 Å². The first kappa shape index (κ1) is 16.6. The van der Waals surface area contributed by atoms with Crippen LogP contribution in [-0.4, -0.2) is 59.7 Å². The SMILES string of the molecule is C[C@H]1COc2cc(Cl)ccc2N1C(=O)N1CC2(C1)CN(c1ncccn1)C2. The number of fused-ring (bicyclic) bond motifs is 1. The van der Waals surface area contributed by atoms with E-state index in [1.54, 1.807) is 24.5 Å². The van der Waals surface area contributed by atoms with Crippen LogP contribution >= 0.6 is 11.6 Å². The molecule has 7 nitrogen and oxygen atoms in total. The minimum absolute atomic E-state index is 0.0154. The second-order valence-corrected chi connectivity index (χ2v) is 8.12. The maximum absolute atomic E-state index is 13.1. The van der Waals surface area contributed by atoms with Gasteiger partial charge in [0, 0.05) is 55.1 Å². The Morgan fingerprint density at radius 2 is 1.96 bits per heavy atom. The number of halogens is 1. The van der Waals surface area contributed by atoms with Crippen LogP contribution in [0.4, 0.5) is 16.4 Å². The van der Waals surface area contributed by atoms with Gasteiger partial charge in [0.1, 0.15) is 12.4 Å². The maximum Gasteiger partial charge on any atom is 0.325 e. The highest BCUT2D eigenvalue weighted by molar-refractivity contribution is 6.30. The molecule has 0 unspecified atom stereocenters. The van der Waals surface area contributed by atoms with Crippen molar-refractivity contribution in [3.63, 3.8) is 0 Å². The summed E-state index contributed by atoms with van der Waals surface area (Å²) in [5.74, 6) is 1.43. The highest BCUT2D eigenvalue weighted by Gasteiger charge is 2.55. The third-order valence-electron chi connectivity index (χ3n) is 5.52. The molecular weight excluding hydrogens is 366 g/mol. The second kappa shape index (κ2) is 5.99. The summed E-state index contributed by atoms with van der Waals surface area (Å²) in [6.07, 6.45) is 3.51. The predicted octanol–water partition coefficient (Wildman–Crippen LogP) is 2.66. The van der Waals surface area contributed by atoms with Crippen molar-refractivity contribution in [2.75, 3.05) is 42.6 Å². The molecule has 2 aromatic rings. The van der Waals surface area contributed by atoms with E-state index >= 15 is 0 Å². The summed E-state index contributed by atoms with van der Waals surface area (Å²) < 4.78 is 5.75. The highest BCUT2D eigenvalue weighted by atomic mass is 35.5. The molecule has 1 aromatic carbocycles. The van der Waals surface area contributed by atoms with Crippen molar-refractivity contribution in [3.05, 3.63) is 41.7 Å². The quantitative estimate of drug-likeness (QED) is 0.755. The number of carbonyl (C=O) groups excluding carboxylic acids is 1. The van der Waals surface area contributed by atoms with Gasteiger partial charge in [-0.05, 0) is 25.1 Å². The van der Waals surface area contributed by atoms with Crippen LogP contribution in [0.3, 0.4) is 0 Å². The average molecular weight is 386 g/mol. The number of benzene rings is 1. The zero-order valence-corrected chi connectivity index (χ0v) is 15.8. The van der Waals surface area contributed by atoms with Crippen molar-refractivity contribution in [1.29, 1.82) is 0 Å². The number of anilines is 2. The molecule has 1 spiro atoms. The highest BCUT2D eigenvalue weighted by Crippen LogP contribution is 2.43. The lowest BCUT2D eigenvalue weighted by atomic mass is 9.73. The van der Waals surface area contributed by atoms with Gasteiger partial charge in [-0.15, -0.1) is 0 Å². The molecule has 3 aliphatic heterocycles. The Morgan fingerprint density at radius 1 is 1.22 bits per heavy atom. The molecule has 140 valence electrons. The van der Waals surface area contributed by atoms with E-state index in [1.807, 2.05) is 28.9 Å². The van der Waals surface area contributed by atoms with E-state index in [-0.39, 0.29) is 17.5 Å². The Balaban J connectivity index is 1.26. The van der Waals surface area contributed by atoms with Crippen LogP contribution < -0.4 is 14.5 Å². The van der Waals surface area contributed by atoms with E-state index in [2.05, 4.69) is 14.9 Å². The third kappa shape index (κ3) is 2.68. The normalized spacial score (nSPS) is 22.6. The van der Waals surface area contributed by atoms with Gasteiger partial charge in [0.15, 0.2) is 0 Å². The number of carbonyl (C=O) groups is 1. The van der Waals surface area contributed by atoms with Gasteiger partial charge in [0.2, 0.25) is 5.95 Å². The van der Waals surface area contributed by atoms with Crippen LogP contribution in [0.1, 0.15) is 6.92 Å². The summed E-state index contributed by atoms with van der Waals surface area (Å²) in [7, 11) is 0. The van der Waals surface area contributed by atoms with E-state index in [9.17, 15) is 4.79 Å². The van der Waals surface area contributed by atoms with E-state index in [0.717, 1.165) is 37.8 Å². The number of rotatable bonds is 1. The van der Waals surface area contributed by atoms with Crippen molar-refractivity contribution < 1.29 is 9.53 Å². The summed E-state index contributed by atoms with van der Waals surface area (Å²) in [6.45, 7) is 5.79. The number of likely N-dealkylation sites (tertiary alicyclic amines) is 1. The van der Waals surface area contributed by atoms with E-state index in [4.69, 9.17) is 16.3 Å². The molecule has 5 rings (SSSR count). The topological polar surface area (TPSA) is 61.8 Å². The summed E-state index contributed by atoms with van der Waals surface area (Å²) in [5.41, 5.74) is 0.963. The van der Waals surface area contributed by atoms with E-state index in [1.165, 1.54) is 0 Å². The fourth-order valence-electron chi connectivity index (χ4n) is 4.23. The van der Waals surface area contributed by atoms with Gasteiger partial charge < -0.3 is 14.5 Å². The van der Waals surface area contributed by atoms with Gasteiger partial charge in [-0.3, -0.25) is 4.90 Å². The maximum atomic E-state index is 13.1. The first-order chi connectivity index (χ1) is 13.0. The van der Waals surface area contributed by atoms with Crippen LogP contribution in [0.5, 0.6) is 5.75 Å². The molecule has 0 radical (unpaired) electrons. The fraction of sp³-hybridized carbons (Fsp3) is 0.421. The number of ether oxygens (including phenoxy) is 1. The zero-order chi connectivity index (χ0) is 18.6. The number of aromatic nitrogens is 2. The molecule has 2 saturated heterocycles. The molecule has 0 N–H and O–H groups in total. The van der Waals surface area contributed by atoms with Crippen molar-refractivity contribution in [2.45, 2.75) is 13.0 Å². The lowest BCUT2D eigenvalue weighted by Gasteiger charge is -2.60. The van der Waals surface area contributed by atoms with Gasteiger partial charge in [0.25, 0.3) is 0 Å². The number of nitrogens with zero attached hydrogens (tertiary/aromatic N) is 5. The first-order valence-corrected chi connectivity index (χ1v) is 9.45. The van der Waals surface area contributed by atoms with Crippen LogP contribution in [0.2, 0.25) is 5.02 Å². The minimum Gasteiger partial charge on any atom is -0.489 e. The van der Waals surface area contributed by atoms with E-state index < -0.39 is 0 Å². The van der Waals surface area contributed by atoms with Crippen molar-refractivity contribution in [2.24, 2.45) is 5.41 Å². The Kier molecular flexibility index (Phi) is 3.69. The molecule has 1 aromatic heterocycles. The Labute approximate surface area is 162 Å². The second-order valence-electron chi connectivity index (χ2n) is 7.69. The molecule has 8 heteroatoms. The number of hydrogen-bond acceptors (Lipinski definition) is 5.